The van der Waals surface area contributed by atoms with Gasteiger partial charge in [-0.1, -0.05) is 0 Å². The van der Waals surface area contributed by atoms with Gasteiger partial charge < -0.3 is 0 Å². The lowest BCUT2D eigenvalue weighted by Crippen LogP contribution is -2.26. The van der Waals surface area contributed by atoms with Crippen molar-refractivity contribution in [2.24, 2.45) is 0 Å². The van der Waals surface area contributed by atoms with Gasteiger partial charge in [0.1, 0.15) is 11.5 Å². The van der Waals surface area contributed by atoms with Crippen LogP contribution in [0.5, 0.6) is 0 Å². The summed E-state index contributed by atoms with van der Waals surface area (Å²) in [5.41, 5.74) is 0.543. The Morgan fingerprint density at radius 1 is 1.64 bits per heavy atom. The smallest absolute Gasteiger partial charge is 0.274 e. The second kappa shape index (κ2) is 4.15. The number of halogens is 1. The first-order valence-electron chi connectivity index (χ1n) is 4.00. The van der Waals surface area contributed by atoms with E-state index in [2.05, 4.69) is 9.82 Å². The standard InChI is InChI=1S/C9H11FN2O2/c1-6-4-8(11-5-7(6)10)9(13)12(2)14-3/h4-5H,1-3H3. The molecule has 1 heterocycles. The summed E-state index contributed by atoms with van der Waals surface area (Å²) in [7, 11) is 2.83. The second-order valence-corrected chi connectivity index (χ2v) is 2.80. The van der Waals surface area contributed by atoms with Gasteiger partial charge in [0, 0.05) is 7.05 Å². The van der Waals surface area contributed by atoms with Crippen molar-refractivity contribution >= 4 is 5.91 Å². The quantitative estimate of drug-likeness (QED) is 0.670. The van der Waals surface area contributed by atoms with Crippen LogP contribution in [0.4, 0.5) is 4.39 Å². The summed E-state index contributed by atoms with van der Waals surface area (Å²) >= 11 is 0. The van der Waals surface area contributed by atoms with Crippen LogP contribution < -0.4 is 0 Å². The van der Waals surface area contributed by atoms with Crippen LogP contribution in [-0.2, 0) is 4.84 Å². The van der Waals surface area contributed by atoms with Crippen LogP contribution in [0.3, 0.4) is 0 Å². The molecule has 0 radical (unpaired) electrons. The number of pyridine rings is 1. The minimum absolute atomic E-state index is 0.160. The number of nitrogens with zero attached hydrogens (tertiary/aromatic N) is 2. The van der Waals surface area contributed by atoms with E-state index < -0.39 is 11.7 Å². The van der Waals surface area contributed by atoms with Crippen LogP contribution in [0.1, 0.15) is 16.1 Å². The summed E-state index contributed by atoms with van der Waals surface area (Å²) in [5, 5.41) is 1.03. The highest BCUT2D eigenvalue weighted by molar-refractivity contribution is 5.91. The molecule has 0 N–H and O–H groups in total. The highest BCUT2D eigenvalue weighted by atomic mass is 19.1. The Morgan fingerprint density at radius 3 is 2.79 bits per heavy atom. The summed E-state index contributed by atoms with van der Waals surface area (Å²) in [6.07, 6.45) is 1.02. The molecular formula is C9H11FN2O2. The van der Waals surface area contributed by atoms with E-state index in [9.17, 15) is 9.18 Å². The Labute approximate surface area is 81.3 Å². The van der Waals surface area contributed by atoms with Gasteiger partial charge in [-0.15, -0.1) is 0 Å². The van der Waals surface area contributed by atoms with Crippen molar-refractivity contribution in [3.63, 3.8) is 0 Å². The number of aryl methyl sites for hydroxylation is 1. The average molecular weight is 198 g/mol. The first kappa shape index (κ1) is 10.6. The van der Waals surface area contributed by atoms with Crippen molar-refractivity contribution in [1.82, 2.24) is 10.0 Å². The molecule has 5 heteroatoms. The van der Waals surface area contributed by atoms with Crippen molar-refractivity contribution in [3.8, 4) is 0 Å². The zero-order chi connectivity index (χ0) is 10.7. The van der Waals surface area contributed by atoms with Crippen LogP contribution in [0.15, 0.2) is 12.3 Å². The zero-order valence-corrected chi connectivity index (χ0v) is 8.24. The SMILES string of the molecule is CON(C)C(=O)c1cc(C)c(F)cn1. The molecule has 0 aromatic carbocycles. The monoisotopic (exact) mass is 198 g/mol. The van der Waals surface area contributed by atoms with Crippen molar-refractivity contribution in [2.75, 3.05) is 14.2 Å². The molecule has 0 unspecified atom stereocenters. The molecular weight excluding hydrogens is 187 g/mol. The molecule has 0 bridgehead atoms. The molecule has 1 rings (SSSR count). The molecule has 1 aromatic heterocycles. The fourth-order valence-electron chi connectivity index (χ4n) is 0.901. The third-order valence-electron chi connectivity index (χ3n) is 1.83. The van der Waals surface area contributed by atoms with Gasteiger partial charge >= 0.3 is 0 Å². The van der Waals surface area contributed by atoms with Gasteiger partial charge in [0.15, 0.2) is 0 Å². The largest absolute Gasteiger partial charge is 0.295 e. The van der Waals surface area contributed by atoms with E-state index in [0.717, 1.165) is 11.3 Å². The number of hydroxylamine groups is 2. The van der Waals surface area contributed by atoms with Crippen LogP contribution in [0, 0.1) is 12.7 Å². The third kappa shape index (κ3) is 2.05. The minimum Gasteiger partial charge on any atom is -0.274 e. The molecule has 0 aliphatic rings. The molecule has 0 spiro atoms. The summed E-state index contributed by atoms with van der Waals surface area (Å²) in [5.74, 6) is -0.836. The number of rotatable bonds is 2. The molecule has 4 nitrogen and oxygen atoms in total. The fourth-order valence-corrected chi connectivity index (χ4v) is 0.901. The Hall–Kier alpha value is -1.49. The predicted molar refractivity (Wildman–Crippen MR) is 48.0 cm³/mol. The van der Waals surface area contributed by atoms with E-state index in [1.165, 1.54) is 20.2 Å². The third-order valence-corrected chi connectivity index (χ3v) is 1.83. The van der Waals surface area contributed by atoms with Crippen LogP contribution in [0.25, 0.3) is 0 Å². The Bertz CT molecular complexity index is 355. The maximum atomic E-state index is 12.8. The molecule has 1 amide bonds. The van der Waals surface area contributed by atoms with Gasteiger partial charge in [0.2, 0.25) is 0 Å². The van der Waals surface area contributed by atoms with E-state index in [1.54, 1.807) is 6.92 Å². The number of hydrogen-bond donors (Lipinski definition) is 0. The molecule has 0 saturated heterocycles. The highest BCUT2D eigenvalue weighted by Crippen LogP contribution is 2.07. The second-order valence-electron chi connectivity index (χ2n) is 2.80. The minimum atomic E-state index is -0.429. The molecule has 0 aliphatic carbocycles. The molecule has 76 valence electrons. The molecule has 0 aliphatic heterocycles. The Balaban J connectivity index is 2.97. The zero-order valence-electron chi connectivity index (χ0n) is 8.24. The van der Waals surface area contributed by atoms with E-state index in [1.807, 2.05) is 0 Å². The van der Waals surface area contributed by atoms with Crippen molar-refractivity contribution in [2.45, 2.75) is 6.92 Å². The van der Waals surface area contributed by atoms with Crippen molar-refractivity contribution in [3.05, 3.63) is 29.3 Å². The van der Waals surface area contributed by atoms with Gasteiger partial charge in [-0.25, -0.2) is 14.4 Å². The van der Waals surface area contributed by atoms with Crippen molar-refractivity contribution < 1.29 is 14.0 Å². The van der Waals surface area contributed by atoms with Gasteiger partial charge in [-0.2, -0.15) is 0 Å². The van der Waals surface area contributed by atoms with E-state index in [-0.39, 0.29) is 5.69 Å². The molecule has 0 atom stereocenters. The predicted octanol–water partition coefficient (Wildman–Crippen LogP) is 1.16. The topological polar surface area (TPSA) is 42.4 Å². The fraction of sp³-hybridized carbons (Fsp3) is 0.333. The molecule has 0 saturated carbocycles. The van der Waals surface area contributed by atoms with Gasteiger partial charge in [0.25, 0.3) is 5.91 Å². The first-order valence-corrected chi connectivity index (χ1v) is 4.00. The molecule has 14 heavy (non-hydrogen) atoms. The van der Waals surface area contributed by atoms with Crippen LogP contribution in [-0.4, -0.2) is 30.1 Å². The molecule has 1 aromatic rings. The summed E-state index contributed by atoms with van der Waals surface area (Å²) in [4.78, 5) is 19.8. The Kier molecular flexibility index (Phi) is 3.14. The van der Waals surface area contributed by atoms with Gasteiger partial charge in [0.05, 0.1) is 13.3 Å². The van der Waals surface area contributed by atoms with Crippen LogP contribution >= 0.6 is 0 Å². The lowest BCUT2D eigenvalue weighted by atomic mass is 10.2. The Morgan fingerprint density at radius 2 is 2.29 bits per heavy atom. The maximum Gasteiger partial charge on any atom is 0.295 e. The van der Waals surface area contributed by atoms with Gasteiger partial charge in [-0.3, -0.25) is 9.63 Å². The maximum absolute atomic E-state index is 12.8. The summed E-state index contributed by atoms with van der Waals surface area (Å²) < 4.78 is 12.8. The number of amides is 1. The number of aromatic nitrogens is 1. The van der Waals surface area contributed by atoms with E-state index >= 15 is 0 Å². The summed E-state index contributed by atoms with van der Waals surface area (Å²) in [6.45, 7) is 1.57. The summed E-state index contributed by atoms with van der Waals surface area (Å²) in [6, 6.07) is 1.38. The van der Waals surface area contributed by atoms with Crippen LogP contribution in [0.2, 0.25) is 0 Å². The number of carbonyl (C=O) groups is 1. The lowest BCUT2D eigenvalue weighted by molar-refractivity contribution is -0.0760. The lowest BCUT2D eigenvalue weighted by Gasteiger charge is -2.12. The molecule has 0 fully saturated rings. The first-order chi connectivity index (χ1) is 6.56. The van der Waals surface area contributed by atoms with E-state index in [0.29, 0.717) is 5.56 Å². The normalized spacial score (nSPS) is 10.0. The average Bonchev–Trinajstić information content (AvgIpc) is 2.20. The van der Waals surface area contributed by atoms with Crippen molar-refractivity contribution in [1.29, 1.82) is 0 Å². The van der Waals surface area contributed by atoms with E-state index in [4.69, 9.17) is 0 Å². The number of carbonyl (C=O) groups excluding carboxylic acids is 1. The number of hydrogen-bond acceptors (Lipinski definition) is 3. The van der Waals surface area contributed by atoms with Gasteiger partial charge in [-0.05, 0) is 18.6 Å². The highest BCUT2D eigenvalue weighted by Gasteiger charge is 2.13.